The zero-order valence-electron chi connectivity index (χ0n) is 13.8. The van der Waals surface area contributed by atoms with Crippen LogP contribution in [0.4, 0.5) is 10.8 Å². The van der Waals surface area contributed by atoms with Crippen molar-refractivity contribution in [2.75, 3.05) is 22.9 Å². The first-order chi connectivity index (χ1) is 12.7. The van der Waals surface area contributed by atoms with Crippen LogP contribution in [0.3, 0.4) is 0 Å². The van der Waals surface area contributed by atoms with Gasteiger partial charge < -0.3 is 10.6 Å². The van der Waals surface area contributed by atoms with Crippen molar-refractivity contribution in [2.24, 2.45) is 0 Å². The second-order valence-electron chi connectivity index (χ2n) is 5.35. The molecule has 26 heavy (non-hydrogen) atoms. The SMILES string of the molecule is O=C(CSc1nnc(NCCc2ccccc2)s1)Nc1ccccc1I. The van der Waals surface area contributed by atoms with Gasteiger partial charge in [-0.05, 0) is 46.7 Å². The molecule has 5 nitrogen and oxygen atoms in total. The number of benzene rings is 2. The maximum atomic E-state index is 12.1. The highest BCUT2D eigenvalue weighted by molar-refractivity contribution is 14.1. The molecule has 2 aromatic carbocycles. The average Bonchev–Trinajstić information content (AvgIpc) is 3.11. The van der Waals surface area contributed by atoms with Crippen LogP contribution in [-0.4, -0.2) is 28.4 Å². The number of nitrogens with zero attached hydrogens (tertiary/aromatic N) is 2. The van der Waals surface area contributed by atoms with E-state index in [0.29, 0.717) is 5.75 Å². The summed E-state index contributed by atoms with van der Waals surface area (Å²) in [5.74, 6) is 0.261. The molecule has 0 radical (unpaired) electrons. The molecule has 2 N–H and O–H groups in total. The number of thioether (sulfide) groups is 1. The minimum atomic E-state index is -0.0482. The van der Waals surface area contributed by atoms with Gasteiger partial charge in [0.15, 0.2) is 4.34 Å². The van der Waals surface area contributed by atoms with E-state index in [9.17, 15) is 4.79 Å². The standard InChI is InChI=1S/C18H17IN4OS2/c19-14-8-4-5-9-15(14)21-16(24)12-25-18-23-22-17(26-18)20-11-10-13-6-2-1-3-7-13/h1-9H,10-12H2,(H,20,22)(H,21,24). The summed E-state index contributed by atoms with van der Waals surface area (Å²) in [4.78, 5) is 12.1. The van der Waals surface area contributed by atoms with Crippen molar-refractivity contribution in [2.45, 2.75) is 10.8 Å². The van der Waals surface area contributed by atoms with Crippen LogP contribution in [0.15, 0.2) is 58.9 Å². The van der Waals surface area contributed by atoms with Crippen molar-refractivity contribution < 1.29 is 4.79 Å². The van der Waals surface area contributed by atoms with E-state index in [-0.39, 0.29) is 5.91 Å². The molecule has 3 rings (SSSR count). The van der Waals surface area contributed by atoms with Crippen LogP contribution in [0.2, 0.25) is 0 Å². The largest absolute Gasteiger partial charge is 0.360 e. The third-order valence-corrected chi connectivity index (χ3v) is 6.37. The van der Waals surface area contributed by atoms with E-state index >= 15 is 0 Å². The molecule has 0 saturated carbocycles. The van der Waals surface area contributed by atoms with Gasteiger partial charge in [0.25, 0.3) is 0 Å². The molecule has 0 saturated heterocycles. The molecular weight excluding hydrogens is 479 g/mol. The zero-order valence-corrected chi connectivity index (χ0v) is 17.6. The Kier molecular flexibility index (Phi) is 7.27. The number of anilines is 2. The van der Waals surface area contributed by atoms with Gasteiger partial charge in [0, 0.05) is 10.1 Å². The number of rotatable bonds is 8. The van der Waals surface area contributed by atoms with Gasteiger partial charge in [-0.25, -0.2) is 0 Å². The monoisotopic (exact) mass is 496 g/mol. The third kappa shape index (κ3) is 5.96. The molecule has 0 unspecified atom stereocenters. The van der Waals surface area contributed by atoms with Gasteiger partial charge in [0.2, 0.25) is 11.0 Å². The van der Waals surface area contributed by atoms with Crippen LogP contribution in [0.1, 0.15) is 5.56 Å². The molecule has 134 valence electrons. The van der Waals surface area contributed by atoms with Gasteiger partial charge in [0.05, 0.1) is 11.4 Å². The molecule has 0 aliphatic heterocycles. The average molecular weight is 496 g/mol. The van der Waals surface area contributed by atoms with Crippen molar-refractivity contribution in [3.63, 3.8) is 0 Å². The molecule has 8 heteroatoms. The van der Waals surface area contributed by atoms with E-state index in [2.05, 4.69) is 55.6 Å². The smallest absolute Gasteiger partial charge is 0.234 e. The molecule has 1 aromatic heterocycles. The predicted molar refractivity (Wildman–Crippen MR) is 117 cm³/mol. The number of carbonyl (C=O) groups excluding carboxylic acids is 1. The summed E-state index contributed by atoms with van der Waals surface area (Å²) in [6.07, 6.45) is 0.932. The molecule has 0 aliphatic carbocycles. The molecular formula is C18H17IN4OS2. The van der Waals surface area contributed by atoms with Crippen LogP contribution < -0.4 is 10.6 Å². The molecule has 0 spiro atoms. The van der Waals surface area contributed by atoms with Crippen LogP contribution in [-0.2, 0) is 11.2 Å². The van der Waals surface area contributed by atoms with Crippen molar-refractivity contribution in [3.05, 3.63) is 63.7 Å². The summed E-state index contributed by atoms with van der Waals surface area (Å²) in [7, 11) is 0. The minimum Gasteiger partial charge on any atom is -0.360 e. The molecule has 0 atom stereocenters. The highest BCUT2D eigenvalue weighted by atomic mass is 127. The summed E-state index contributed by atoms with van der Waals surface area (Å²) in [5, 5.41) is 15.2. The lowest BCUT2D eigenvalue weighted by atomic mass is 10.2. The molecule has 0 fully saturated rings. The Labute approximate surface area is 174 Å². The number of halogens is 1. The summed E-state index contributed by atoms with van der Waals surface area (Å²) < 4.78 is 1.80. The fraction of sp³-hybridized carbons (Fsp3) is 0.167. The van der Waals surface area contributed by atoms with E-state index in [1.165, 1.54) is 28.7 Å². The van der Waals surface area contributed by atoms with Crippen LogP contribution >= 0.6 is 45.7 Å². The number of para-hydroxylation sites is 1. The maximum absolute atomic E-state index is 12.1. The van der Waals surface area contributed by atoms with Crippen LogP contribution in [0.5, 0.6) is 0 Å². The second kappa shape index (κ2) is 9.89. The highest BCUT2D eigenvalue weighted by Gasteiger charge is 2.09. The Morgan fingerprint density at radius 1 is 1.08 bits per heavy atom. The Balaban J connectivity index is 1.42. The van der Waals surface area contributed by atoms with Crippen molar-refractivity contribution in [1.82, 2.24) is 10.2 Å². The number of amides is 1. The van der Waals surface area contributed by atoms with Gasteiger partial charge in [0.1, 0.15) is 0 Å². The lowest BCUT2D eigenvalue weighted by Crippen LogP contribution is -2.14. The first kappa shape index (κ1) is 19.1. The Morgan fingerprint density at radius 3 is 2.65 bits per heavy atom. The first-order valence-electron chi connectivity index (χ1n) is 7.99. The number of hydrogen-bond donors (Lipinski definition) is 2. The fourth-order valence-electron chi connectivity index (χ4n) is 2.17. The van der Waals surface area contributed by atoms with Crippen molar-refractivity contribution >= 4 is 62.4 Å². The van der Waals surface area contributed by atoms with E-state index in [1.54, 1.807) is 0 Å². The Hall–Kier alpha value is -1.65. The Morgan fingerprint density at radius 2 is 1.85 bits per heavy atom. The molecule has 0 bridgehead atoms. The number of carbonyl (C=O) groups is 1. The molecule has 1 amide bonds. The summed E-state index contributed by atoms with van der Waals surface area (Å²) in [6, 6.07) is 18.0. The van der Waals surface area contributed by atoms with Crippen LogP contribution in [0, 0.1) is 3.57 Å². The van der Waals surface area contributed by atoms with E-state index < -0.39 is 0 Å². The number of aromatic nitrogens is 2. The lowest BCUT2D eigenvalue weighted by molar-refractivity contribution is -0.113. The van der Waals surface area contributed by atoms with Crippen LogP contribution in [0.25, 0.3) is 0 Å². The quantitative estimate of drug-likeness (QED) is 0.355. The predicted octanol–water partition coefficient (Wildman–Crippen LogP) is 4.53. The highest BCUT2D eigenvalue weighted by Crippen LogP contribution is 2.26. The Bertz CT molecular complexity index is 857. The molecule has 0 aliphatic rings. The van der Waals surface area contributed by atoms with Gasteiger partial charge in [-0.2, -0.15) is 0 Å². The second-order valence-corrected chi connectivity index (χ2v) is 8.71. The fourth-order valence-corrected chi connectivity index (χ4v) is 4.27. The summed E-state index contributed by atoms with van der Waals surface area (Å²) >= 11 is 5.07. The number of hydrogen-bond acceptors (Lipinski definition) is 6. The summed E-state index contributed by atoms with van der Waals surface area (Å²) in [6.45, 7) is 0.802. The normalized spacial score (nSPS) is 10.5. The molecule has 3 aromatic rings. The van der Waals surface area contributed by atoms with E-state index in [4.69, 9.17) is 0 Å². The minimum absolute atomic E-state index is 0.0482. The van der Waals surface area contributed by atoms with Crippen molar-refractivity contribution in [1.29, 1.82) is 0 Å². The topological polar surface area (TPSA) is 66.9 Å². The zero-order chi connectivity index (χ0) is 18.2. The van der Waals surface area contributed by atoms with Gasteiger partial charge in [-0.1, -0.05) is 65.6 Å². The summed E-state index contributed by atoms with van der Waals surface area (Å²) in [5.41, 5.74) is 2.12. The van der Waals surface area contributed by atoms with Crippen molar-refractivity contribution in [3.8, 4) is 0 Å². The maximum Gasteiger partial charge on any atom is 0.234 e. The molecule has 1 heterocycles. The third-order valence-electron chi connectivity index (χ3n) is 3.41. The number of nitrogens with one attached hydrogen (secondary N) is 2. The first-order valence-corrected chi connectivity index (χ1v) is 10.9. The van der Waals surface area contributed by atoms with E-state index in [1.807, 2.05) is 42.5 Å². The lowest BCUT2D eigenvalue weighted by Gasteiger charge is -2.05. The van der Waals surface area contributed by atoms with Gasteiger partial charge in [-0.3, -0.25) is 4.79 Å². The van der Waals surface area contributed by atoms with E-state index in [0.717, 1.165) is 31.7 Å². The van der Waals surface area contributed by atoms with Gasteiger partial charge in [-0.15, -0.1) is 10.2 Å². The van der Waals surface area contributed by atoms with Gasteiger partial charge >= 0.3 is 0 Å².